The van der Waals surface area contributed by atoms with Gasteiger partial charge >= 0.3 is 0 Å². The highest BCUT2D eigenvalue weighted by Gasteiger charge is 2.15. The molecule has 0 N–H and O–H groups in total. The lowest BCUT2D eigenvalue weighted by Crippen LogP contribution is -2.09. The van der Waals surface area contributed by atoms with Crippen LogP contribution in [-0.2, 0) is 0 Å². The van der Waals surface area contributed by atoms with Crippen LogP contribution in [0.15, 0.2) is 206 Å². The van der Waals surface area contributed by atoms with Gasteiger partial charge in [-0.05, 0) is 117 Å². The SMILES string of the molecule is c1ccc(-c2ccc(N(c3ccccc3)c3ccc4ccc(-c5ccc(-n6c7ccccc7c7cc8ccccc8cc76)cc5)cc4c3)cc2)cc1. The molecule has 0 spiro atoms. The molecular weight excluding hydrogens is 629 g/mol. The zero-order chi connectivity index (χ0) is 34.4. The maximum absolute atomic E-state index is 2.40. The van der Waals surface area contributed by atoms with Crippen LogP contribution in [0, 0.1) is 0 Å². The van der Waals surface area contributed by atoms with Crippen molar-refractivity contribution in [3.8, 4) is 27.9 Å². The predicted molar refractivity (Wildman–Crippen MR) is 221 cm³/mol. The number of benzene rings is 9. The summed E-state index contributed by atoms with van der Waals surface area (Å²) in [4.78, 5) is 2.34. The molecule has 0 amide bonds. The molecule has 2 nitrogen and oxygen atoms in total. The maximum atomic E-state index is 2.40. The van der Waals surface area contributed by atoms with E-state index in [1.165, 1.54) is 65.6 Å². The lowest BCUT2D eigenvalue weighted by atomic mass is 10.00. The normalized spacial score (nSPS) is 11.5. The Labute approximate surface area is 303 Å². The van der Waals surface area contributed by atoms with Crippen LogP contribution in [0.1, 0.15) is 0 Å². The standard InChI is InChI=1S/C50H34N2/c1-3-11-35(12-4-1)36-21-26-44(27-22-36)51(43-15-5-2-6-16-43)46-30-25-38-19-20-41(31-42(38)32-46)37-23-28-45(29-24-37)52-49-18-10-9-17-47(49)48-33-39-13-7-8-14-40(39)34-50(48)52/h1-34H. The van der Waals surface area contributed by atoms with Crippen LogP contribution < -0.4 is 4.90 Å². The van der Waals surface area contributed by atoms with Crippen LogP contribution in [0.2, 0.25) is 0 Å². The quantitative estimate of drug-likeness (QED) is 0.172. The van der Waals surface area contributed by atoms with Crippen molar-refractivity contribution in [1.82, 2.24) is 4.57 Å². The molecule has 1 heterocycles. The van der Waals surface area contributed by atoms with Gasteiger partial charge in [-0.1, -0.05) is 133 Å². The third kappa shape index (κ3) is 5.21. The molecule has 2 heteroatoms. The third-order valence-corrected chi connectivity index (χ3v) is 10.3. The molecule has 10 rings (SSSR count). The van der Waals surface area contributed by atoms with E-state index in [0.29, 0.717) is 0 Å². The number of hydrogen-bond acceptors (Lipinski definition) is 1. The Kier molecular flexibility index (Phi) is 7.18. The summed E-state index contributed by atoms with van der Waals surface area (Å²) in [6.07, 6.45) is 0. The molecule has 244 valence electrons. The minimum absolute atomic E-state index is 1.12. The molecule has 0 aliphatic heterocycles. The molecule has 0 aliphatic carbocycles. The Hall–Kier alpha value is -6.90. The average molecular weight is 663 g/mol. The van der Waals surface area contributed by atoms with E-state index in [-0.39, 0.29) is 0 Å². The molecule has 0 unspecified atom stereocenters. The Balaban J connectivity index is 1.03. The summed E-state index contributed by atoms with van der Waals surface area (Å²) in [7, 11) is 0. The lowest BCUT2D eigenvalue weighted by Gasteiger charge is -2.26. The highest BCUT2D eigenvalue weighted by Crippen LogP contribution is 2.39. The van der Waals surface area contributed by atoms with Crippen molar-refractivity contribution < 1.29 is 0 Å². The van der Waals surface area contributed by atoms with E-state index in [1.54, 1.807) is 0 Å². The molecule has 10 aromatic rings. The van der Waals surface area contributed by atoms with Gasteiger partial charge in [0, 0.05) is 33.5 Å². The van der Waals surface area contributed by atoms with Gasteiger partial charge in [0.25, 0.3) is 0 Å². The summed E-state index contributed by atoms with van der Waals surface area (Å²) in [6, 6.07) is 74.7. The van der Waals surface area contributed by atoms with Crippen molar-refractivity contribution in [2.45, 2.75) is 0 Å². The molecule has 0 atom stereocenters. The van der Waals surface area contributed by atoms with Gasteiger partial charge in [-0.25, -0.2) is 0 Å². The minimum Gasteiger partial charge on any atom is -0.310 e. The van der Waals surface area contributed by atoms with Crippen molar-refractivity contribution >= 4 is 60.4 Å². The predicted octanol–water partition coefficient (Wildman–Crippen LogP) is 13.9. The highest BCUT2D eigenvalue weighted by atomic mass is 15.1. The number of rotatable bonds is 6. The summed E-state index contributed by atoms with van der Waals surface area (Å²) in [6.45, 7) is 0. The van der Waals surface area contributed by atoms with E-state index in [1.807, 2.05) is 0 Å². The van der Waals surface area contributed by atoms with Gasteiger partial charge < -0.3 is 9.47 Å². The van der Waals surface area contributed by atoms with Crippen LogP contribution in [-0.4, -0.2) is 4.57 Å². The first kappa shape index (κ1) is 30.0. The molecule has 52 heavy (non-hydrogen) atoms. The second-order valence-electron chi connectivity index (χ2n) is 13.4. The molecular formula is C50H34N2. The molecule has 1 aromatic heterocycles. The van der Waals surface area contributed by atoms with Gasteiger partial charge in [0.2, 0.25) is 0 Å². The first-order chi connectivity index (χ1) is 25.8. The largest absolute Gasteiger partial charge is 0.310 e. The molecule has 9 aromatic carbocycles. The zero-order valence-corrected chi connectivity index (χ0v) is 28.5. The van der Waals surface area contributed by atoms with Crippen molar-refractivity contribution in [2.24, 2.45) is 0 Å². The first-order valence-corrected chi connectivity index (χ1v) is 17.8. The number of nitrogens with zero attached hydrogens (tertiary/aromatic N) is 2. The van der Waals surface area contributed by atoms with Crippen LogP contribution in [0.25, 0.3) is 71.3 Å². The maximum Gasteiger partial charge on any atom is 0.0547 e. The molecule has 0 saturated carbocycles. The Morgan fingerprint density at radius 3 is 1.63 bits per heavy atom. The molecule has 0 radical (unpaired) electrons. The van der Waals surface area contributed by atoms with Gasteiger partial charge in [0.15, 0.2) is 0 Å². The third-order valence-electron chi connectivity index (χ3n) is 10.3. The second-order valence-corrected chi connectivity index (χ2v) is 13.4. The summed E-state index contributed by atoms with van der Waals surface area (Å²) in [5, 5.41) is 7.49. The Morgan fingerprint density at radius 2 is 0.846 bits per heavy atom. The van der Waals surface area contributed by atoms with Crippen molar-refractivity contribution in [3.63, 3.8) is 0 Å². The highest BCUT2D eigenvalue weighted by molar-refractivity contribution is 6.13. The number of fused-ring (bicyclic) bond motifs is 5. The first-order valence-electron chi connectivity index (χ1n) is 17.8. The van der Waals surface area contributed by atoms with Crippen LogP contribution in [0.3, 0.4) is 0 Å². The zero-order valence-electron chi connectivity index (χ0n) is 28.5. The van der Waals surface area contributed by atoms with Crippen molar-refractivity contribution in [3.05, 3.63) is 206 Å². The van der Waals surface area contributed by atoms with Crippen molar-refractivity contribution in [2.75, 3.05) is 4.90 Å². The van der Waals surface area contributed by atoms with E-state index in [9.17, 15) is 0 Å². The topological polar surface area (TPSA) is 8.17 Å². The van der Waals surface area contributed by atoms with Gasteiger partial charge in [-0.15, -0.1) is 0 Å². The fourth-order valence-electron chi connectivity index (χ4n) is 7.75. The monoisotopic (exact) mass is 662 g/mol. The van der Waals surface area contributed by atoms with Gasteiger partial charge in [-0.3, -0.25) is 0 Å². The number of aromatic nitrogens is 1. The van der Waals surface area contributed by atoms with Gasteiger partial charge in [0.05, 0.1) is 11.0 Å². The minimum atomic E-state index is 1.12. The number of hydrogen-bond donors (Lipinski definition) is 0. The van der Waals surface area contributed by atoms with E-state index < -0.39 is 0 Å². The van der Waals surface area contributed by atoms with E-state index in [2.05, 4.69) is 216 Å². The molecule has 0 bridgehead atoms. The van der Waals surface area contributed by atoms with Gasteiger partial charge in [-0.2, -0.15) is 0 Å². The molecule has 0 aliphatic rings. The van der Waals surface area contributed by atoms with Gasteiger partial charge in [0.1, 0.15) is 0 Å². The second kappa shape index (κ2) is 12.5. The molecule has 0 saturated heterocycles. The lowest BCUT2D eigenvalue weighted by molar-refractivity contribution is 1.18. The smallest absolute Gasteiger partial charge is 0.0547 e. The Bertz CT molecular complexity index is 2870. The number of anilines is 3. The Morgan fingerprint density at radius 1 is 0.288 bits per heavy atom. The van der Waals surface area contributed by atoms with Crippen LogP contribution in [0.5, 0.6) is 0 Å². The summed E-state index contributed by atoms with van der Waals surface area (Å²) < 4.78 is 2.40. The fourth-order valence-corrected chi connectivity index (χ4v) is 7.75. The van der Waals surface area contributed by atoms with Crippen molar-refractivity contribution in [1.29, 1.82) is 0 Å². The summed E-state index contributed by atoms with van der Waals surface area (Å²) in [5.41, 5.74) is 11.8. The molecule has 0 fully saturated rings. The van der Waals surface area contributed by atoms with E-state index >= 15 is 0 Å². The summed E-state index contributed by atoms with van der Waals surface area (Å²) >= 11 is 0. The fraction of sp³-hybridized carbons (Fsp3) is 0. The van der Waals surface area contributed by atoms with E-state index in [0.717, 1.165) is 22.7 Å². The van der Waals surface area contributed by atoms with E-state index in [4.69, 9.17) is 0 Å². The summed E-state index contributed by atoms with van der Waals surface area (Å²) in [5.74, 6) is 0. The van der Waals surface area contributed by atoms with Crippen LogP contribution >= 0.6 is 0 Å². The average Bonchev–Trinajstić information content (AvgIpc) is 3.54. The number of para-hydroxylation sites is 2. The van der Waals surface area contributed by atoms with Crippen LogP contribution in [0.4, 0.5) is 17.1 Å².